The van der Waals surface area contributed by atoms with Crippen LogP contribution in [0, 0.1) is 0 Å². The molecule has 4 rings (SSSR count). The Morgan fingerprint density at radius 1 is 1.24 bits per heavy atom. The first kappa shape index (κ1) is 22.7. The molecule has 1 amide bonds. The van der Waals surface area contributed by atoms with Gasteiger partial charge in [-0.15, -0.1) is 0 Å². The van der Waals surface area contributed by atoms with Crippen molar-refractivity contribution in [3.8, 4) is 16.9 Å². The third-order valence-corrected chi connectivity index (χ3v) is 5.56. The number of benzene rings is 1. The Kier molecular flexibility index (Phi) is 6.03. The SMILES string of the molecule is COc1cc(-c2cc(N[C@@H]3CC[C@H](N)C3)n3ncnc(N)c23)ccc1NC(=O)OC(C)(C)C. The van der Waals surface area contributed by atoms with Gasteiger partial charge in [0.15, 0.2) is 5.82 Å². The monoisotopic (exact) mass is 453 g/mol. The second-order valence-electron chi connectivity index (χ2n) is 9.31. The lowest BCUT2D eigenvalue weighted by Crippen LogP contribution is -2.27. The molecule has 1 aliphatic rings. The average Bonchev–Trinajstić information content (AvgIpc) is 3.31. The van der Waals surface area contributed by atoms with Crippen LogP contribution in [0.2, 0.25) is 0 Å². The van der Waals surface area contributed by atoms with Crippen LogP contribution in [-0.4, -0.2) is 45.5 Å². The lowest BCUT2D eigenvalue weighted by molar-refractivity contribution is 0.0635. The van der Waals surface area contributed by atoms with Gasteiger partial charge in [-0.3, -0.25) is 5.32 Å². The maximum Gasteiger partial charge on any atom is 0.412 e. The van der Waals surface area contributed by atoms with E-state index in [0.29, 0.717) is 22.8 Å². The number of hydrogen-bond donors (Lipinski definition) is 4. The Bertz CT molecular complexity index is 1170. The number of fused-ring (bicyclic) bond motifs is 1. The third-order valence-electron chi connectivity index (χ3n) is 5.56. The molecule has 0 bridgehead atoms. The van der Waals surface area contributed by atoms with Gasteiger partial charge in [0.05, 0.1) is 12.8 Å². The number of rotatable bonds is 5. The van der Waals surface area contributed by atoms with Crippen LogP contribution in [0.5, 0.6) is 5.75 Å². The fourth-order valence-electron chi connectivity index (χ4n) is 4.12. The summed E-state index contributed by atoms with van der Waals surface area (Å²) < 4.78 is 12.6. The average molecular weight is 454 g/mol. The first-order valence-corrected chi connectivity index (χ1v) is 11.0. The summed E-state index contributed by atoms with van der Waals surface area (Å²) in [5.41, 5.74) is 14.6. The van der Waals surface area contributed by atoms with Crippen molar-refractivity contribution >= 4 is 28.9 Å². The van der Waals surface area contributed by atoms with Crippen LogP contribution >= 0.6 is 0 Å². The van der Waals surface area contributed by atoms with Crippen LogP contribution in [0.1, 0.15) is 40.0 Å². The molecule has 3 aromatic rings. The van der Waals surface area contributed by atoms with E-state index in [0.717, 1.165) is 36.2 Å². The van der Waals surface area contributed by atoms with Gasteiger partial charge in [0, 0.05) is 17.6 Å². The molecule has 1 fully saturated rings. The molecule has 1 aliphatic carbocycles. The Balaban J connectivity index is 1.69. The van der Waals surface area contributed by atoms with Crippen molar-refractivity contribution in [2.75, 3.05) is 23.5 Å². The van der Waals surface area contributed by atoms with Crippen LogP contribution < -0.4 is 26.8 Å². The zero-order chi connectivity index (χ0) is 23.8. The molecule has 2 atom stereocenters. The van der Waals surface area contributed by atoms with Crippen molar-refractivity contribution in [3.63, 3.8) is 0 Å². The molecule has 1 saturated carbocycles. The molecule has 0 aliphatic heterocycles. The Labute approximate surface area is 192 Å². The minimum absolute atomic E-state index is 0.210. The van der Waals surface area contributed by atoms with Crippen LogP contribution in [-0.2, 0) is 4.74 Å². The highest BCUT2D eigenvalue weighted by atomic mass is 16.6. The quantitative estimate of drug-likeness (QED) is 0.459. The number of carbonyl (C=O) groups excluding carboxylic acids is 1. The number of hydrogen-bond acceptors (Lipinski definition) is 8. The van der Waals surface area contributed by atoms with E-state index in [1.54, 1.807) is 17.7 Å². The zero-order valence-electron chi connectivity index (χ0n) is 19.4. The molecule has 1 aromatic carbocycles. The number of amides is 1. The van der Waals surface area contributed by atoms with Gasteiger partial charge in [-0.05, 0) is 63.8 Å². The minimum atomic E-state index is -0.604. The van der Waals surface area contributed by atoms with Crippen molar-refractivity contribution in [2.24, 2.45) is 5.73 Å². The predicted octanol–water partition coefficient (Wildman–Crippen LogP) is 3.63. The largest absolute Gasteiger partial charge is 0.495 e. The van der Waals surface area contributed by atoms with E-state index in [9.17, 15) is 4.79 Å². The smallest absolute Gasteiger partial charge is 0.412 e. The van der Waals surface area contributed by atoms with Gasteiger partial charge in [0.25, 0.3) is 0 Å². The maximum absolute atomic E-state index is 12.2. The number of carbonyl (C=O) groups is 1. The summed E-state index contributed by atoms with van der Waals surface area (Å²) in [5.74, 6) is 1.68. The molecule has 0 unspecified atom stereocenters. The highest BCUT2D eigenvalue weighted by molar-refractivity contribution is 5.93. The molecule has 0 saturated heterocycles. The molecule has 2 heterocycles. The van der Waals surface area contributed by atoms with E-state index in [4.69, 9.17) is 20.9 Å². The Morgan fingerprint density at radius 2 is 2.03 bits per heavy atom. The Hall–Kier alpha value is -3.53. The van der Waals surface area contributed by atoms with Crippen molar-refractivity contribution in [1.82, 2.24) is 14.6 Å². The number of nitrogens with one attached hydrogen (secondary N) is 2. The third kappa shape index (κ3) is 4.95. The molecule has 10 heteroatoms. The normalized spacial score (nSPS) is 18.3. The highest BCUT2D eigenvalue weighted by Gasteiger charge is 2.24. The van der Waals surface area contributed by atoms with Gasteiger partial charge in [-0.2, -0.15) is 5.10 Å². The predicted molar refractivity (Wildman–Crippen MR) is 128 cm³/mol. The molecule has 176 valence electrons. The fraction of sp³-hybridized carbons (Fsp3) is 0.435. The minimum Gasteiger partial charge on any atom is -0.495 e. The van der Waals surface area contributed by atoms with E-state index in [-0.39, 0.29) is 12.1 Å². The molecular formula is C23H31N7O3. The molecule has 10 nitrogen and oxygen atoms in total. The van der Waals surface area contributed by atoms with Crippen molar-refractivity contribution < 1.29 is 14.3 Å². The molecular weight excluding hydrogens is 422 g/mol. The van der Waals surface area contributed by atoms with E-state index >= 15 is 0 Å². The first-order valence-electron chi connectivity index (χ1n) is 11.0. The summed E-state index contributed by atoms with van der Waals surface area (Å²) >= 11 is 0. The van der Waals surface area contributed by atoms with Gasteiger partial charge in [0.1, 0.15) is 29.0 Å². The van der Waals surface area contributed by atoms with E-state index in [1.807, 2.05) is 39.0 Å². The summed E-state index contributed by atoms with van der Waals surface area (Å²) in [5, 5.41) is 10.7. The van der Waals surface area contributed by atoms with Gasteiger partial charge in [-0.25, -0.2) is 14.3 Å². The number of nitrogens with two attached hydrogens (primary N) is 2. The van der Waals surface area contributed by atoms with Crippen LogP contribution in [0.25, 0.3) is 16.6 Å². The van der Waals surface area contributed by atoms with Gasteiger partial charge in [0.2, 0.25) is 0 Å². The highest BCUT2D eigenvalue weighted by Crippen LogP contribution is 2.37. The zero-order valence-corrected chi connectivity index (χ0v) is 19.4. The fourth-order valence-corrected chi connectivity index (χ4v) is 4.12. The second-order valence-corrected chi connectivity index (χ2v) is 9.31. The Morgan fingerprint density at radius 3 is 2.70 bits per heavy atom. The lowest BCUT2D eigenvalue weighted by atomic mass is 10.1. The van der Waals surface area contributed by atoms with E-state index in [1.165, 1.54) is 6.33 Å². The summed E-state index contributed by atoms with van der Waals surface area (Å²) in [4.78, 5) is 16.4. The van der Waals surface area contributed by atoms with E-state index < -0.39 is 11.7 Å². The van der Waals surface area contributed by atoms with Gasteiger partial charge >= 0.3 is 6.09 Å². The molecule has 0 spiro atoms. The summed E-state index contributed by atoms with van der Waals surface area (Å²) in [6, 6.07) is 7.97. The number of aromatic nitrogens is 3. The topological polar surface area (TPSA) is 142 Å². The molecule has 0 radical (unpaired) electrons. The van der Waals surface area contributed by atoms with Crippen LogP contribution in [0.3, 0.4) is 0 Å². The standard InChI is InChI=1S/C23H31N7O3/c1-23(2,3)33-22(31)29-17-8-5-13(9-18(17)32-4)16-11-19(28-15-7-6-14(24)10-15)30-20(16)21(25)26-12-27-30/h5,8-9,11-12,14-15,28H,6-7,10,24H2,1-4H3,(H,29,31)(H2,25,26,27)/t14-,15+/m0/s1. The van der Waals surface area contributed by atoms with Crippen molar-refractivity contribution in [2.45, 2.75) is 57.7 Å². The lowest BCUT2D eigenvalue weighted by Gasteiger charge is -2.20. The van der Waals surface area contributed by atoms with E-state index in [2.05, 4.69) is 20.7 Å². The van der Waals surface area contributed by atoms with Crippen molar-refractivity contribution in [1.29, 1.82) is 0 Å². The van der Waals surface area contributed by atoms with Gasteiger partial charge < -0.3 is 26.3 Å². The molecule has 2 aromatic heterocycles. The van der Waals surface area contributed by atoms with Crippen molar-refractivity contribution in [3.05, 3.63) is 30.6 Å². The first-order chi connectivity index (χ1) is 15.6. The van der Waals surface area contributed by atoms with Gasteiger partial charge in [-0.1, -0.05) is 6.07 Å². The second kappa shape index (κ2) is 8.78. The van der Waals surface area contributed by atoms with Crippen LogP contribution in [0.15, 0.2) is 30.6 Å². The van der Waals surface area contributed by atoms with Crippen LogP contribution in [0.4, 0.5) is 22.1 Å². The summed E-state index contributed by atoms with van der Waals surface area (Å²) in [7, 11) is 1.55. The number of nitrogen functional groups attached to an aromatic ring is 1. The summed E-state index contributed by atoms with van der Waals surface area (Å²) in [6.45, 7) is 5.42. The number of nitrogens with zero attached hydrogens (tertiary/aromatic N) is 3. The maximum atomic E-state index is 12.2. The molecule has 6 N–H and O–H groups in total. The molecule has 33 heavy (non-hydrogen) atoms. The number of ether oxygens (including phenoxy) is 2. The summed E-state index contributed by atoms with van der Waals surface area (Å²) in [6.07, 6.45) is 3.78. The number of methoxy groups -OCH3 is 1. The number of anilines is 3.